The maximum Gasteiger partial charge on any atom is 0.165 e. The van der Waals surface area contributed by atoms with Gasteiger partial charge in [0.1, 0.15) is 11.6 Å². The van der Waals surface area contributed by atoms with Crippen molar-refractivity contribution in [1.29, 1.82) is 0 Å². The molecule has 5 nitrogen and oxygen atoms in total. The monoisotopic (exact) mass is 346 g/mol. The average molecular weight is 346 g/mol. The topological polar surface area (TPSA) is 60.7 Å². The van der Waals surface area contributed by atoms with E-state index in [1.807, 2.05) is 47.9 Å². The summed E-state index contributed by atoms with van der Waals surface area (Å²) in [5.74, 6) is 1.74. The molecule has 132 valence electrons. The number of nitrogens with zero attached hydrogens (tertiary/aromatic N) is 4. The number of allylic oxidation sites excluding steroid dienone is 1. The third-order valence-electron chi connectivity index (χ3n) is 4.21. The molecule has 0 unspecified atom stereocenters. The zero-order valence-electron chi connectivity index (χ0n) is 14.9. The third-order valence-corrected chi connectivity index (χ3v) is 4.21. The largest absolute Gasteiger partial charge is 0.307 e. The first-order valence-corrected chi connectivity index (χ1v) is 8.68. The van der Waals surface area contributed by atoms with Gasteiger partial charge in [0.2, 0.25) is 0 Å². The van der Waals surface area contributed by atoms with Crippen molar-refractivity contribution in [2.75, 3.05) is 0 Å². The first-order valence-electron chi connectivity index (χ1n) is 8.68. The number of hydrogen-bond acceptors (Lipinski definition) is 4. The van der Waals surface area contributed by atoms with Crippen molar-refractivity contribution in [3.8, 4) is 11.4 Å². The van der Waals surface area contributed by atoms with Crippen LogP contribution in [0.3, 0.4) is 0 Å². The maximum absolute atomic E-state index is 12.3. The van der Waals surface area contributed by atoms with Crippen molar-refractivity contribution in [2.24, 2.45) is 0 Å². The van der Waals surface area contributed by atoms with Crippen molar-refractivity contribution in [3.63, 3.8) is 0 Å². The van der Waals surface area contributed by atoms with E-state index in [2.05, 4.69) is 21.8 Å². The molecule has 0 saturated carbocycles. The van der Waals surface area contributed by atoms with Gasteiger partial charge >= 0.3 is 0 Å². The number of hydrogen-bond donors (Lipinski definition) is 0. The summed E-state index contributed by atoms with van der Waals surface area (Å²) in [5, 5.41) is 8.58. The summed E-state index contributed by atoms with van der Waals surface area (Å²) in [6, 6.07) is 11.9. The normalized spacial score (nSPS) is 10.7. The summed E-state index contributed by atoms with van der Waals surface area (Å²) in [4.78, 5) is 16.5. The Labute approximate surface area is 153 Å². The van der Waals surface area contributed by atoms with Crippen LogP contribution in [0.1, 0.15) is 23.4 Å². The number of aromatic nitrogens is 4. The van der Waals surface area contributed by atoms with Crippen LogP contribution in [-0.2, 0) is 24.2 Å². The van der Waals surface area contributed by atoms with Crippen molar-refractivity contribution in [1.82, 2.24) is 19.7 Å². The molecule has 0 amide bonds. The lowest BCUT2D eigenvalue weighted by atomic mass is 10.0. The van der Waals surface area contributed by atoms with Gasteiger partial charge in [-0.3, -0.25) is 9.78 Å². The van der Waals surface area contributed by atoms with Gasteiger partial charge < -0.3 is 4.57 Å². The highest BCUT2D eigenvalue weighted by molar-refractivity contribution is 5.81. The molecule has 2 aromatic heterocycles. The second-order valence-corrected chi connectivity index (χ2v) is 6.28. The highest BCUT2D eigenvalue weighted by Gasteiger charge is 2.14. The molecule has 0 fully saturated rings. The Kier molecular flexibility index (Phi) is 5.69. The molecule has 0 N–H and O–H groups in total. The molecule has 1 aromatic carbocycles. The predicted molar refractivity (Wildman–Crippen MR) is 102 cm³/mol. The van der Waals surface area contributed by atoms with E-state index in [9.17, 15) is 4.79 Å². The zero-order chi connectivity index (χ0) is 18.4. The molecule has 0 atom stereocenters. The summed E-state index contributed by atoms with van der Waals surface area (Å²) in [5.41, 5.74) is 3.14. The van der Waals surface area contributed by atoms with E-state index in [1.165, 1.54) is 5.56 Å². The van der Waals surface area contributed by atoms with Gasteiger partial charge in [-0.1, -0.05) is 35.9 Å². The van der Waals surface area contributed by atoms with Gasteiger partial charge in [0.05, 0.1) is 0 Å². The minimum atomic E-state index is 0.199. The summed E-state index contributed by atoms with van der Waals surface area (Å²) in [6.07, 6.45) is 6.74. The van der Waals surface area contributed by atoms with Gasteiger partial charge in [0.15, 0.2) is 5.82 Å². The van der Waals surface area contributed by atoms with Crippen LogP contribution >= 0.6 is 0 Å². The molecule has 26 heavy (non-hydrogen) atoms. The second kappa shape index (κ2) is 8.34. The maximum atomic E-state index is 12.3. The van der Waals surface area contributed by atoms with Crippen molar-refractivity contribution in [2.45, 2.75) is 32.7 Å². The quantitative estimate of drug-likeness (QED) is 0.585. The Morgan fingerprint density at radius 3 is 2.69 bits per heavy atom. The molecule has 3 aromatic rings. The van der Waals surface area contributed by atoms with Crippen LogP contribution in [0.5, 0.6) is 0 Å². The van der Waals surface area contributed by atoms with Crippen LogP contribution in [0.2, 0.25) is 0 Å². The third kappa shape index (κ3) is 4.30. The Morgan fingerprint density at radius 1 is 1.19 bits per heavy atom. The Balaban J connectivity index is 1.69. The molecule has 0 aliphatic rings. The van der Waals surface area contributed by atoms with Crippen LogP contribution in [0.15, 0.2) is 61.4 Å². The molecule has 0 bridgehead atoms. The van der Waals surface area contributed by atoms with Gasteiger partial charge in [-0.05, 0) is 24.6 Å². The summed E-state index contributed by atoms with van der Waals surface area (Å²) < 4.78 is 1.99. The lowest BCUT2D eigenvalue weighted by Gasteiger charge is -2.08. The van der Waals surface area contributed by atoms with Crippen LogP contribution in [0.25, 0.3) is 11.4 Å². The Bertz CT molecular complexity index is 882. The number of rotatable bonds is 8. The van der Waals surface area contributed by atoms with Crippen LogP contribution in [0.4, 0.5) is 0 Å². The fraction of sp³-hybridized carbons (Fsp3) is 0.238. The van der Waals surface area contributed by atoms with Gasteiger partial charge in [-0.2, -0.15) is 0 Å². The number of ketones is 1. The van der Waals surface area contributed by atoms with Crippen molar-refractivity contribution in [3.05, 3.63) is 78.4 Å². The average Bonchev–Trinajstić information content (AvgIpc) is 3.06. The molecular formula is C21H22N4O. The first-order chi connectivity index (χ1) is 12.7. The second-order valence-electron chi connectivity index (χ2n) is 6.28. The summed E-state index contributed by atoms with van der Waals surface area (Å²) in [6.45, 7) is 6.45. The fourth-order valence-electron chi connectivity index (χ4n) is 2.82. The minimum Gasteiger partial charge on any atom is -0.307 e. The molecule has 0 aliphatic heterocycles. The fourth-order valence-corrected chi connectivity index (χ4v) is 2.82. The van der Waals surface area contributed by atoms with Gasteiger partial charge in [0, 0.05) is 43.8 Å². The number of carbonyl (C=O) groups is 1. The number of aryl methyl sites for hydroxylation is 2. The number of carbonyl (C=O) groups excluding carboxylic acids is 1. The van der Waals surface area contributed by atoms with Crippen LogP contribution in [-0.4, -0.2) is 25.5 Å². The van der Waals surface area contributed by atoms with Crippen molar-refractivity contribution < 1.29 is 4.79 Å². The van der Waals surface area contributed by atoms with E-state index >= 15 is 0 Å². The summed E-state index contributed by atoms with van der Waals surface area (Å²) >= 11 is 0. The van der Waals surface area contributed by atoms with Gasteiger partial charge in [-0.25, -0.2) is 0 Å². The number of benzene rings is 1. The Morgan fingerprint density at radius 2 is 2.00 bits per heavy atom. The zero-order valence-corrected chi connectivity index (χ0v) is 14.9. The van der Waals surface area contributed by atoms with Gasteiger partial charge in [0.25, 0.3) is 0 Å². The predicted octanol–water partition coefficient (Wildman–Crippen LogP) is 3.58. The van der Waals surface area contributed by atoms with E-state index in [-0.39, 0.29) is 5.78 Å². The highest BCUT2D eigenvalue weighted by atomic mass is 16.1. The van der Waals surface area contributed by atoms with E-state index < -0.39 is 0 Å². The molecule has 2 heterocycles. The molecule has 0 spiro atoms. The molecule has 3 rings (SSSR count). The lowest BCUT2D eigenvalue weighted by molar-refractivity contribution is -0.118. The summed E-state index contributed by atoms with van der Waals surface area (Å²) in [7, 11) is 0. The molecule has 0 radical (unpaired) electrons. The smallest absolute Gasteiger partial charge is 0.165 e. The van der Waals surface area contributed by atoms with Crippen LogP contribution < -0.4 is 0 Å². The molecular weight excluding hydrogens is 324 g/mol. The van der Waals surface area contributed by atoms with Crippen LogP contribution in [0, 0.1) is 6.92 Å². The SMILES string of the molecule is C=CCn1c(CCC(=O)Cc2ccc(C)cc2)nnc1-c1cccnc1. The van der Waals surface area contributed by atoms with Gasteiger partial charge in [-0.15, -0.1) is 16.8 Å². The molecule has 0 saturated heterocycles. The lowest BCUT2D eigenvalue weighted by Crippen LogP contribution is -2.09. The van der Waals surface area contributed by atoms with E-state index in [4.69, 9.17) is 0 Å². The minimum absolute atomic E-state index is 0.199. The molecule has 0 aliphatic carbocycles. The highest BCUT2D eigenvalue weighted by Crippen LogP contribution is 2.18. The van der Waals surface area contributed by atoms with E-state index in [0.29, 0.717) is 25.8 Å². The van der Waals surface area contributed by atoms with E-state index in [1.54, 1.807) is 18.5 Å². The first kappa shape index (κ1) is 17.7. The number of Topliss-reactive ketones (excluding diaryl/α,β-unsaturated/α-hetero) is 1. The number of pyridine rings is 1. The molecule has 5 heteroatoms. The van der Waals surface area contributed by atoms with Crippen molar-refractivity contribution >= 4 is 5.78 Å². The Hall–Kier alpha value is -3.08. The standard InChI is InChI=1S/C21H22N4O/c1-3-13-25-20(23-24-21(25)18-5-4-12-22-15-18)11-10-19(26)14-17-8-6-16(2)7-9-17/h3-9,12,15H,1,10-11,13-14H2,2H3. The van der Waals surface area contributed by atoms with E-state index in [0.717, 1.165) is 22.8 Å².